The maximum absolute atomic E-state index is 12.8. The molecule has 0 aromatic heterocycles. The summed E-state index contributed by atoms with van der Waals surface area (Å²) < 4.78 is 54.1. The molecule has 62 heavy (non-hydrogen) atoms. The number of rotatable bonds is 38. The zero-order valence-electron chi connectivity index (χ0n) is 37.9. The average molecular weight is 895 g/mol. The van der Waals surface area contributed by atoms with E-state index in [0.717, 1.165) is 89.9 Å². The number of esters is 2. The Morgan fingerprint density at radius 2 is 0.968 bits per heavy atom. The number of hydrogen-bond acceptors (Lipinski definition) is 11. The highest BCUT2D eigenvalue weighted by Crippen LogP contribution is 2.24. The van der Waals surface area contributed by atoms with Gasteiger partial charge in [0.1, 0.15) is 36.8 Å². The van der Waals surface area contributed by atoms with Gasteiger partial charge in [0.2, 0.25) is 0 Å². The van der Waals surface area contributed by atoms with E-state index in [9.17, 15) is 37.9 Å². The Bertz CT molecular complexity index is 1420. The first-order chi connectivity index (χ1) is 30.0. The van der Waals surface area contributed by atoms with Gasteiger partial charge in [-0.25, -0.2) is 0 Å². The molecule has 13 heteroatoms. The summed E-state index contributed by atoms with van der Waals surface area (Å²) in [6.07, 6.45) is 39.4. The van der Waals surface area contributed by atoms with Crippen molar-refractivity contribution in [3.05, 3.63) is 72.9 Å². The van der Waals surface area contributed by atoms with Crippen LogP contribution in [-0.4, -0.2) is 96.0 Å². The third-order valence-corrected chi connectivity index (χ3v) is 11.0. The van der Waals surface area contributed by atoms with Crippen LogP contribution in [0.5, 0.6) is 0 Å². The molecular weight excluding hydrogens is 813 g/mol. The number of aliphatic hydroxyl groups excluding tert-OH is 3. The third-order valence-electron chi connectivity index (χ3n) is 10.3. The summed E-state index contributed by atoms with van der Waals surface area (Å²) in [7, 11) is -4.61. The minimum absolute atomic E-state index is 0.120. The zero-order chi connectivity index (χ0) is 45.5. The SMILES string of the molecule is CCCCC/C=C/C/C=C/C/C=C/C/C=C/CCCCCC(=O)O[C@H](COC(=O)CCCCCCC/C=C/C/C=C/CCCCC)CO[C@H]1O[C@H](CS(=O)(=O)O)[C@@H](O)C(O)C1O. The van der Waals surface area contributed by atoms with Crippen LogP contribution in [0.15, 0.2) is 72.9 Å². The topological polar surface area (TPSA) is 186 Å². The predicted molar refractivity (Wildman–Crippen MR) is 247 cm³/mol. The first-order valence-corrected chi connectivity index (χ1v) is 25.1. The van der Waals surface area contributed by atoms with Gasteiger partial charge in [-0.15, -0.1) is 0 Å². The van der Waals surface area contributed by atoms with Crippen molar-refractivity contribution in [2.75, 3.05) is 19.0 Å². The number of unbranched alkanes of at least 4 members (excludes halogenated alkanes) is 14. The van der Waals surface area contributed by atoms with Crippen LogP contribution >= 0.6 is 0 Å². The van der Waals surface area contributed by atoms with Crippen LogP contribution in [0, 0.1) is 0 Å². The largest absolute Gasteiger partial charge is 0.462 e. The Hall–Kier alpha value is -2.91. The maximum atomic E-state index is 12.8. The van der Waals surface area contributed by atoms with Crippen LogP contribution in [0.4, 0.5) is 0 Å². The quantitative estimate of drug-likeness (QED) is 0.0199. The molecule has 0 amide bonds. The summed E-state index contributed by atoms with van der Waals surface area (Å²) in [4.78, 5) is 25.4. The monoisotopic (exact) mass is 895 g/mol. The van der Waals surface area contributed by atoms with Gasteiger partial charge in [-0.2, -0.15) is 8.42 Å². The second kappa shape index (κ2) is 38.5. The molecule has 0 aliphatic carbocycles. The van der Waals surface area contributed by atoms with Gasteiger partial charge in [0.15, 0.2) is 12.4 Å². The Kier molecular flexibility index (Phi) is 35.5. The summed E-state index contributed by atoms with van der Waals surface area (Å²) in [6, 6.07) is 0. The van der Waals surface area contributed by atoms with Gasteiger partial charge in [0, 0.05) is 12.8 Å². The number of carbonyl (C=O) groups is 2. The number of hydrogen-bond donors (Lipinski definition) is 4. The second-order valence-electron chi connectivity index (χ2n) is 16.1. The van der Waals surface area contributed by atoms with Gasteiger partial charge in [0.25, 0.3) is 10.1 Å². The van der Waals surface area contributed by atoms with E-state index < -0.39 is 71.2 Å². The normalized spacial score (nSPS) is 20.5. The molecule has 1 fully saturated rings. The fraction of sp³-hybridized carbons (Fsp3) is 0.714. The van der Waals surface area contributed by atoms with E-state index in [1.54, 1.807) is 0 Å². The Labute approximate surface area is 374 Å². The molecular formula is C49H82O12S. The Morgan fingerprint density at radius 3 is 1.45 bits per heavy atom. The average Bonchev–Trinajstić information content (AvgIpc) is 3.24. The van der Waals surface area contributed by atoms with Gasteiger partial charge in [-0.1, -0.05) is 138 Å². The predicted octanol–water partition coefficient (Wildman–Crippen LogP) is 9.89. The molecule has 1 heterocycles. The maximum Gasteiger partial charge on any atom is 0.306 e. The number of carbonyl (C=O) groups excluding carboxylic acids is 2. The molecule has 6 atom stereocenters. The van der Waals surface area contributed by atoms with Crippen LogP contribution in [0.2, 0.25) is 0 Å². The molecule has 1 saturated heterocycles. The molecule has 0 aromatic rings. The van der Waals surface area contributed by atoms with E-state index in [4.69, 9.17) is 18.9 Å². The van der Waals surface area contributed by atoms with Crippen molar-refractivity contribution >= 4 is 22.1 Å². The molecule has 0 bridgehead atoms. The lowest BCUT2D eigenvalue weighted by Gasteiger charge is -2.40. The van der Waals surface area contributed by atoms with Crippen molar-refractivity contribution in [3.63, 3.8) is 0 Å². The molecule has 0 saturated carbocycles. The Balaban J connectivity index is 2.48. The van der Waals surface area contributed by atoms with E-state index in [0.29, 0.717) is 12.8 Å². The third kappa shape index (κ3) is 32.7. The summed E-state index contributed by atoms with van der Waals surface area (Å²) in [5.74, 6) is -2.05. The molecule has 12 nitrogen and oxygen atoms in total. The van der Waals surface area contributed by atoms with Gasteiger partial charge in [-0.3, -0.25) is 14.1 Å². The lowest BCUT2D eigenvalue weighted by atomic mass is 10.00. The first-order valence-electron chi connectivity index (χ1n) is 23.5. The van der Waals surface area contributed by atoms with Gasteiger partial charge in [-0.05, 0) is 89.9 Å². The minimum atomic E-state index is -4.61. The van der Waals surface area contributed by atoms with E-state index in [1.165, 1.54) is 38.5 Å². The summed E-state index contributed by atoms with van der Waals surface area (Å²) in [6.45, 7) is 3.66. The van der Waals surface area contributed by atoms with Gasteiger partial charge in [0.05, 0.1) is 6.61 Å². The summed E-state index contributed by atoms with van der Waals surface area (Å²) in [5.41, 5.74) is 0. The molecule has 1 aliphatic rings. The van der Waals surface area contributed by atoms with E-state index in [2.05, 4.69) is 86.8 Å². The number of allylic oxidation sites excluding steroid dienone is 12. The van der Waals surface area contributed by atoms with E-state index in [-0.39, 0.29) is 19.4 Å². The van der Waals surface area contributed by atoms with E-state index >= 15 is 0 Å². The van der Waals surface area contributed by atoms with Crippen LogP contribution in [0.3, 0.4) is 0 Å². The minimum Gasteiger partial charge on any atom is -0.462 e. The summed E-state index contributed by atoms with van der Waals surface area (Å²) >= 11 is 0. The lowest BCUT2D eigenvalue weighted by molar-refractivity contribution is -0.297. The zero-order valence-corrected chi connectivity index (χ0v) is 38.8. The molecule has 0 aromatic carbocycles. The van der Waals surface area contributed by atoms with Gasteiger partial charge < -0.3 is 34.3 Å². The lowest BCUT2D eigenvalue weighted by Crippen LogP contribution is -2.60. The standard InChI is InChI=1S/C49H82O12S/c1-3-5-7-9-11-13-15-17-19-20-21-22-24-26-28-30-32-34-36-38-45(51)60-42(40-59-49-48(54)47(53)46(52)43(61-49)41-62(55,56)57)39-58-44(50)37-35-33-31-29-27-25-23-18-16-14-12-10-8-6-4-2/h11-14,17-19,21-23,26,28,42-43,46-49,52-54H,3-10,15-16,20,24-25,27,29-41H2,1-2H3,(H,55,56,57)/b13-11+,14-12+,19-17+,22-21+,23-18+,28-26+/t42-,43-,46-,47?,48?,49+/m1/s1. The molecule has 1 aliphatic heterocycles. The molecule has 1 rings (SSSR count). The highest BCUT2D eigenvalue weighted by Gasteiger charge is 2.46. The van der Waals surface area contributed by atoms with Crippen molar-refractivity contribution in [2.24, 2.45) is 0 Å². The molecule has 356 valence electrons. The first kappa shape index (κ1) is 57.1. The van der Waals surface area contributed by atoms with Crippen LogP contribution in [0.25, 0.3) is 0 Å². The fourth-order valence-corrected chi connectivity index (χ4v) is 7.26. The van der Waals surface area contributed by atoms with Crippen molar-refractivity contribution in [3.8, 4) is 0 Å². The van der Waals surface area contributed by atoms with Crippen LogP contribution in [0.1, 0.15) is 168 Å². The smallest absolute Gasteiger partial charge is 0.306 e. The summed E-state index contributed by atoms with van der Waals surface area (Å²) in [5, 5.41) is 30.9. The second-order valence-corrected chi connectivity index (χ2v) is 17.6. The van der Waals surface area contributed by atoms with Crippen molar-refractivity contribution in [1.29, 1.82) is 0 Å². The van der Waals surface area contributed by atoms with E-state index in [1.807, 2.05) is 0 Å². The highest BCUT2D eigenvalue weighted by atomic mass is 32.2. The molecule has 0 radical (unpaired) electrons. The molecule has 0 spiro atoms. The number of ether oxygens (including phenoxy) is 4. The van der Waals surface area contributed by atoms with Crippen LogP contribution < -0.4 is 0 Å². The van der Waals surface area contributed by atoms with Crippen molar-refractivity contribution in [2.45, 2.75) is 205 Å². The number of aliphatic hydroxyl groups is 3. The van der Waals surface area contributed by atoms with Crippen LogP contribution in [-0.2, 0) is 38.7 Å². The Morgan fingerprint density at radius 1 is 0.548 bits per heavy atom. The molecule has 2 unspecified atom stereocenters. The van der Waals surface area contributed by atoms with Gasteiger partial charge >= 0.3 is 11.9 Å². The fourth-order valence-electron chi connectivity index (χ4n) is 6.57. The molecule has 4 N–H and O–H groups in total. The van der Waals surface area contributed by atoms with Crippen molar-refractivity contribution in [1.82, 2.24) is 0 Å². The van der Waals surface area contributed by atoms with Crippen molar-refractivity contribution < 1.29 is 56.8 Å². The highest BCUT2D eigenvalue weighted by molar-refractivity contribution is 7.85.